The summed E-state index contributed by atoms with van der Waals surface area (Å²) in [7, 11) is 0. The van der Waals surface area contributed by atoms with Crippen LogP contribution in [0.5, 0.6) is 0 Å². The van der Waals surface area contributed by atoms with Crippen molar-refractivity contribution in [3.05, 3.63) is 35.9 Å². The second-order valence-electron chi connectivity index (χ2n) is 6.45. The largest absolute Gasteiger partial charge is 0.456 e. The predicted octanol–water partition coefficient (Wildman–Crippen LogP) is 1.08. The summed E-state index contributed by atoms with van der Waals surface area (Å²) in [6.07, 6.45) is 0. The van der Waals surface area contributed by atoms with Crippen molar-refractivity contribution in [1.82, 2.24) is 4.90 Å². The molecule has 3 atom stereocenters. The number of ether oxygens (including phenoxy) is 1. The van der Waals surface area contributed by atoms with Gasteiger partial charge in [0, 0.05) is 10.3 Å². The number of ketones is 1. The normalized spacial score (nSPS) is 27.4. The number of carbonyl (C=O) groups is 3. The fraction of sp³-hybridized carbons (Fsp3) is 0.471. The van der Waals surface area contributed by atoms with Gasteiger partial charge in [0.15, 0.2) is 12.4 Å². The molecule has 2 heterocycles. The van der Waals surface area contributed by atoms with Crippen LogP contribution in [0.1, 0.15) is 24.2 Å². The number of hydrogen-bond acceptors (Lipinski definition) is 6. The van der Waals surface area contributed by atoms with Crippen molar-refractivity contribution in [1.29, 1.82) is 0 Å². The lowest BCUT2D eigenvalue weighted by molar-refractivity contribution is -0.167. The third-order valence-corrected chi connectivity index (χ3v) is 6.04. The Hall–Kier alpha value is -1.86. The Morgan fingerprint density at radius 2 is 1.96 bits per heavy atom. The zero-order valence-corrected chi connectivity index (χ0v) is 14.3. The molecule has 7 heteroatoms. The van der Waals surface area contributed by atoms with Crippen LogP contribution in [0.2, 0.25) is 0 Å². The number of thioether (sulfide) groups is 1. The van der Waals surface area contributed by atoms with Crippen molar-refractivity contribution in [2.24, 2.45) is 5.92 Å². The molecule has 0 aromatic heterocycles. The molecule has 128 valence electrons. The number of β-lactam (4-membered cyclic amide) rings is 1. The van der Waals surface area contributed by atoms with Crippen LogP contribution >= 0.6 is 11.8 Å². The van der Waals surface area contributed by atoms with Gasteiger partial charge >= 0.3 is 5.97 Å². The van der Waals surface area contributed by atoms with Gasteiger partial charge in [-0.05, 0) is 13.8 Å². The summed E-state index contributed by atoms with van der Waals surface area (Å²) in [5.74, 6) is -1.56. The molecule has 2 aliphatic heterocycles. The minimum Gasteiger partial charge on any atom is -0.456 e. The van der Waals surface area contributed by atoms with Gasteiger partial charge in [-0.25, -0.2) is 4.79 Å². The molecular weight excluding hydrogens is 330 g/mol. The highest BCUT2D eigenvalue weighted by Gasteiger charge is 2.63. The predicted molar refractivity (Wildman–Crippen MR) is 88.4 cm³/mol. The maximum Gasteiger partial charge on any atom is 0.330 e. The average Bonchev–Trinajstić information content (AvgIpc) is 2.81. The summed E-state index contributed by atoms with van der Waals surface area (Å²) < 4.78 is 4.66. The molecule has 1 amide bonds. The lowest BCUT2D eigenvalue weighted by Gasteiger charge is -2.43. The van der Waals surface area contributed by atoms with E-state index in [0.717, 1.165) is 0 Å². The molecule has 6 nitrogen and oxygen atoms in total. The number of benzene rings is 1. The summed E-state index contributed by atoms with van der Waals surface area (Å²) in [4.78, 5) is 38.1. The van der Waals surface area contributed by atoms with Crippen LogP contribution < -0.4 is 0 Å². The summed E-state index contributed by atoms with van der Waals surface area (Å²) in [5.41, 5.74) is 0.476. The molecule has 1 aromatic rings. The minimum atomic E-state index is -0.744. The van der Waals surface area contributed by atoms with E-state index >= 15 is 0 Å². The van der Waals surface area contributed by atoms with E-state index in [2.05, 4.69) is 0 Å². The van der Waals surface area contributed by atoms with Crippen LogP contribution in [-0.2, 0) is 14.3 Å². The van der Waals surface area contributed by atoms with Gasteiger partial charge in [-0.3, -0.25) is 9.59 Å². The Morgan fingerprint density at radius 3 is 2.58 bits per heavy atom. The highest BCUT2D eigenvalue weighted by molar-refractivity contribution is 8.01. The van der Waals surface area contributed by atoms with Crippen molar-refractivity contribution >= 4 is 29.4 Å². The fourth-order valence-corrected chi connectivity index (χ4v) is 4.83. The monoisotopic (exact) mass is 349 g/mol. The molecule has 1 N–H and O–H groups in total. The van der Waals surface area contributed by atoms with E-state index in [4.69, 9.17) is 4.74 Å². The maximum absolute atomic E-state index is 12.5. The van der Waals surface area contributed by atoms with Crippen LogP contribution in [0.3, 0.4) is 0 Å². The number of rotatable bonds is 5. The molecular formula is C17H19NO5S. The van der Waals surface area contributed by atoms with Crippen LogP contribution in [0.15, 0.2) is 30.3 Å². The number of amides is 1. The van der Waals surface area contributed by atoms with Crippen molar-refractivity contribution in [2.75, 3.05) is 13.2 Å². The van der Waals surface area contributed by atoms with Crippen molar-refractivity contribution in [3.8, 4) is 0 Å². The lowest BCUT2D eigenvalue weighted by Crippen LogP contribution is -2.63. The first-order valence-corrected chi connectivity index (χ1v) is 8.60. The molecule has 2 saturated heterocycles. The zero-order valence-electron chi connectivity index (χ0n) is 13.5. The molecule has 0 radical (unpaired) electrons. The number of esters is 1. The van der Waals surface area contributed by atoms with Crippen LogP contribution in [0.25, 0.3) is 0 Å². The number of nitrogens with zero attached hydrogens (tertiary/aromatic N) is 1. The van der Waals surface area contributed by atoms with Gasteiger partial charge < -0.3 is 14.7 Å². The number of fused-ring (bicyclic) bond motifs is 1. The molecule has 0 bridgehead atoms. The van der Waals surface area contributed by atoms with Gasteiger partial charge in [-0.15, -0.1) is 11.8 Å². The second-order valence-corrected chi connectivity index (χ2v) is 8.22. The number of Topliss-reactive ketones (excluding diaryl/α,β-unsaturated/α-hetero) is 1. The first kappa shape index (κ1) is 17.0. The average molecular weight is 349 g/mol. The van der Waals surface area contributed by atoms with Gasteiger partial charge in [0.2, 0.25) is 5.91 Å². The van der Waals surface area contributed by atoms with Gasteiger partial charge in [0.25, 0.3) is 0 Å². The number of aliphatic hydroxyl groups is 1. The van der Waals surface area contributed by atoms with Crippen molar-refractivity contribution in [3.63, 3.8) is 0 Å². The molecule has 3 rings (SSSR count). The van der Waals surface area contributed by atoms with E-state index in [9.17, 15) is 19.5 Å². The van der Waals surface area contributed by atoms with Gasteiger partial charge in [0.1, 0.15) is 6.04 Å². The summed E-state index contributed by atoms with van der Waals surface area (Å²) >= 11 is 1.48. The minimum absolute atomic E-state index is 0.208. The van der Waals surface area contributed by atoms with Gasteiger partial charge in [-0.2, -0.15) is 0 Å². The van der Waals surface area contributed by atoms with Crippen LogP contribution in [-0.4, -0.2) is 57.0 Å². The van der Waals surface area contributed by atoms with E-state index in [0.29, 0.717) is 5.56 Å². The Bertz CT molecular complexity index is 675. The van der Waals surface area contributed by atoms with Gasteiger partial charge in [-0.1, -0.05) is 30.3 Å². The first-order chi connectivity index (χ1) is 11.4. The summed E-state index contributed by atoms with van der Waals surface area (Å²) in [6.45, 7) is 3.15. The smallest absolute Gasteiger partial charge is 0.330 e. The SMILES string of the molecule is CC1(C)S[C@@H]2[C@H](CO)C(=O)N2[C@H]1C(=O)OCC(=O)c1ccccc1. The molecule has 2 fully saturated rings. The molecule has 0 saturated carbocycles. The van der Waals surface area contributed by atoms with Gasteiger partial charge in [0.05, 0.1) is 17.9 Å². The van der Waals surface area contributed by atoms with Crippen LogP contribution in [0.4, 0.5) is 0 Å². The standard InChI is InChI=1S/C17H19NO5S/c1-17(2)13(18-14(21)11(8-19)15(18)24-17)16(22)23-9-12(20)10-6-4-3-5-7-10/h3-7,11,13,15,19H,8-9H2,1-2H3/t11-,13+,15-/m1/s1. The first-order valence-electron chi connectivity index (χ1n) is 7.72. The maximum atomic E-state index is 12.5. The fourth-order valence-electron chi connectivity index (χ4n) is 3.16. The third-order valence-electron chi connectivity index (χ3n) is 4.41. The van der Waals surface area contributed by atoms with Crippen LogP contribution in [0, 0.1) is 5.92 Å². The highest BCUT2D eigenvalue weighted by Crippen LogP contribution is 2.53. The Kier molecular flexibility index (Phi) is 4.40. The zero-order chi connectivity index (χ0) is 17.5. The quantitative estimate of drug-likeness (QED) is 0.487. The topological polar surface area (TPSA) is 83.9 Å². The molecule has 0 unspecified atom stereocenters. The molecule has 1 aromatic carbocycles. The Labute approximate surface area is 144 Å². The van der Waals surface area contributed by atoms with E-state index in [-0.39, 0.29) is 30.3 Å². The van der Waals surface area contributed by atoms with E-state index in [1.165, 1.54) is 16.7 Å². The Balaban J connectivity index is 1.66. The van der Waals surface area contributed by atoms with E-state index in [1.807, 2.05) is 13.8 Å². The molecule has 24 heavy (non-hydrogen) atoms. The summed E-state index contributed by atoms with van der Waals surface area (Å²) in [6, 6.07) is 7.85. The van der Waals surface area contributed by atoms with Crippen molar-refractivity contribution in [2.45, 2.75) is 30.0 Å². The molecule has 2 aliphatic rings. The van der Waals surface area contributed by atoms with Crippen molar-refractivity contribution < 1.29 is 24.2 Å². The van der Waals surface area contributed by atoms with E-state index in [1.54, 1.807) is 30.3 Å². The van der Waals surface area contributed by atoms with E-state index < -0.39 is 22.7 Å². The third kappa shape index (κ3) is 2.71. The molecule has 0 spiro atoms. The number of carbonyl (C=O) groups excluding carboxylic acids is 3. The second kappa shape index (κ2) is 6.22. The lowest BCUT2D eigenvalue weighted by atomic mass is 9.92. The number of hydrogen-bond donors (Lipinski definition) is 1. The Morgan fingerprint density at radius 1 is 1.29 bits per heavy atom. The highest BCUT2D eigenvalue weighted by atomic mass is 32.2. The summed E-state index contributed by atoms with van der Waals surface area (Å²) in [5, 5.41) is 9.07. The molecule has 0 aliphatic carbocycles. The number of aliphatic hydroxyl groups excluding tert-OH is 1.